The van der Waals surface area contributed by atoms with Crippen molar-refractivity contribution < 1.29 is 9.59 Å². The Morgan fingerprint density at radius 2 is 1.90 bits per heavy atom. The molecule has 0 saturated carbocycles. The topological polar surface area (TPSA) is 113 Å². The molecule has 0 aliphatic carbocycles. The van der Waals surface area contributed by atoms with E-state index >= 15 is 0 Å². The van der Waals surface area contributed by atoms with Crippen LogP contribution in [0, 0.1) is 5.92 Å². The van der Waals surface area contributed by atoms with Gasteiger partial charge in [-0.25, -0.2) is 4.79 Å². The number of piperidine rings is 1. The number of carbonyl (C=O) groups is 2. The van der Waals surface area contributed by atoms with Crippen LogP contribution in [0.15, 0.2) is 6.20 Å². The van der Waals surface area contributed by atoms with Gasteiger partial charge >= 0.3 is 6.03 Å². The van der Waals surface area contributed by atoms with E-state index < -0.39 is 5.54 Å². The average Bonchev–Trinajstić information content (AvgIpc) is 3.15. The Kier molecular flexibility index (Phi) is 4.59. The number of nitrogen functional groups attached to an aromatic ring is 1. The maximum atomic E-state index is 13.2. The first-order valence-corrected chi connectivity index (χ1v) is 10.1. The molecule has 10 heteroatoms. The van der Waals surface area contributed by atoms with E-state index in [1.165, 1.54) is 4.90 Å². The molecule has 1 spiro atoms. The van der Waals surface area contributed by atoms with Crippen LogP contribution in [0.1, 0.15) is 33.6 Å². The fraction of sp³-hybridized carbons (Fsp3) is 0.632. The Morgan fingerprint density at radius 1 is 1.21 bits per heavy atom. The number of imide groups is 1. The van der Waals surface area contributed by atoms with Crippen molar-refractivity contribution >= 4 is 34.7 Å². The molecule has 0 aromatic carbocycles. The maximum Gasteiger partial charge on any atom is 0.327 e. The molecule has 2 fully saturated rings. The SMILES string of the molecule is CCN1C(=O)N(CC(C)C)C2(CCN(c3nc(N)c4cnn(C)c4n3)CC2)C1=O. The number of anilines is 2. The van der Waals surface area contributed by atoms with E-state index in [0.29, 0.717) is 56.4 Å². The lowest BCUT2D eigenvalue weighted by Crippen LogP contribution is -2.57. The molecule has 0 atom stereocenters. The Hall–Kier alpha value is -2.91. The number of fused-ring (bicyclic) bond motifs is 1. The molecule has 4 rings (SSSR count). The van der Waals surface area contributed by atoms with Crippen LogP contribution in [0.25, 0.3) is 11.0 Å². The normalized spacial score (nSPS) is 19.4. The summed E-state index contributed by atoms with van der Waals surface area (Å²) in [4.78, 5) is 40.3. The van der Waals surface area contributed by atoms with Crippen molar-refractivity contribution in [1.82, 2.24) is 29.5 Å². The molecule has 3 amide bonds. The van der Waals surface area contributed by atoms with Gasteiger partial charge in [-0.3, -0.25) is 14.4 Å². The van der Waals surface area contributed by atoms with Gasteiger partial charge in [-0.2, -0.15) is 15.1 Å². The first kappa shape index (κ1) is 19.4. The molecular weight excluding hydrogens is 372 g/mol. The van der Waals surface area contributed by atoms with Crippen molar-refractivity contribution in [3.63, 3.8) is 0 Å². The van der Waals surface area contributed by atoms with Crippen LogP contribution in [0.5, 0.6) is 0 Å². The van der Waals surface area contributed by atoms with Crippen LogP contribution >= 0.6 is 0 Å². The Balaban J connectivity index is 1.61. The first-order valence-electron chi connectivity index (χ1n) is 10.1. The summed E-state index contributed by atoms with van der Waals surface area (Å²) in [6, 6.07) is -0.170. The van der Waals surface area contributed by atoms with E-state index in [-0.39, 0.29) is 17.9 Å². The van der Waals surface area contributed by atoms with E-state index in [9.17, 15) is 9.59 Å². The van der Waals surface area contributed by atoms with Gasteiger partial charge in [0.25, 0.3) is 5.91 Å². The van der Waals surface area contributed by atoms with Gasteiger partial charge in [0.15, 0.2) is 5.65 Å². The number of hydrogen-bond acceptors (Lipinski definition) is 7. The number of nitrogens with two attached hydrogens (primary N) is 1. The lowest BCUT2D eigenvalue weighted by molar-refractivity contribution is -0.134. The average molecular weight is 400 g/mol. The Bertz CT molecular complexity index is 961. The molecule has 2 aliphatic rings. The van der Waals surface area contributed by atoms with Crippen molar-refractivity contribution in [3.05, 3.63) is 6.20 Å². The number of nitrogens with zero attached hydrogens (tertiary/aromatic N) is 7. The van der Waals surface area contributed by atoms with Crippen LogP contribution in [-0.2, 0) is 11.8 Å². The third-order valence-corrected chi connectivity index (χ3v) is 5.97. The van der Waals surface area contributed by atoms with Gasteiger partial charge < -0.3 is 15.5 Å². The van der Waals surface area contributed by atoms with Gasteiger partial charge in [-0.1, -0.05) is 13.8 Å². The highest BCUT2D eigenvalue weighted by atomic mass is 16.2. The van der Waals surface area contributed by atoms with Crippen molar-refractivity contribution in [2.45, 2.75) is 39.2 Å². The van der Waals surface area contributed by atoms with Gasteiger partial charge in [0, 0.05) is 33.2 Å². The van der Waals surface area contributed by atoms with Crippen LogP contribution < -0.4 is 10.6 Å². The van der Waals surface area contributed by atoms with Crippen molar-refractivity contribution in [2.75, 3.05) is 36.8 Å². The standard InChI is InChI=1S/C19H28N8O2/c1-5-26-16(28)19(27(18(26)29)11-12(2)3)6-8-25(9-7-19)17-22-14(20)13-10-21-24(4)15(13)23-17/h10,12H,5-9,11H2,1-4H3,(H2,20,22,23). The minimum atomic E-state index is -0.768. The minimum absolute atomic E-state index is 0.0761. The molecule has 156 valence electrons. The number of rotatable bonds is 4. The lowest BCUT2D eigenvalue weighted by atomic mass is 9.85. The fourth-order valence-electron chi connectivity index (χ4n) is 4.41. The quantitative estimate of drug-likeness (QED) is 0.768. The number of likely N-dealkylation sites (N-methyl/N-ethyl adjacent to an activating group) is 1. The molecule has 2 N–H and O–H groups in total. The molecule has 0 unspecified atom stereocenters. The first-order chi connectivity index (χ1) is 13.8. The molecule has 0 radical (unpaired) electrons. The third kappa shape index (κ3) is 2.89. The summed E-state index contributed by atoms with van der Waals surface area (Å²) in [6.07, 6.45) is 2.76. The predicted molar refractivity (Wildman–Crippen MR) is 109 cm³/mol. The number of urea groups is 1. The Labute approximate surface area is 169 Å². The summed E-state index contributed by atoms with van der Waals surface area (Å²) in [5.74, 6) is 1.14. The Morgan fingerprint density at radius 3 is 2.52 bits per heavy atom. The molecule has 2 aromatic heterocycles. The predicted octanol–water partition coefficient (Wildman–Crippen LogP) is 1.22. The maximum absolute atomic E-state index is 13.2. The molecule has 4 heterocycles. The van der Waals surface area contributed by atoms with Crippen LogP contribution in [0.2, 0.25) is 0 Å². The number of amides is 3. The van der Waals surface area contributed by atoms with E-state index in [4.69, 9.17) is 5.73 Å². The zero-order valence-corrected chi connectivity index (χ0v) is 17.4. The zero-order valence-electron chi connectivity index (χ0n) is 17.4. The fourth-order valence-corrected chi connectivity index (χ4v) is 4.41. The smallest absolute Gasteiger partial charge is 0.327 e. The van der Waals surface area contributed by atoms with Gasteiger partial charge in [0.05, 0.1) is 11.6 Å². The largest absolute Gasteiger partial charge is 0.383 e. The molecule has 2 aliphatic heterocycles. The van der Waals surface area contributed by atoms with Gasteiger partial charge in [0.2, 0.25) is 5.95 Å². The number of aromatic nitrogens is 4. The van der Waals surface area contributed by atoms with Crippen molar-refractivity contribution in [3.8, 4) is 0 Å². The summed E-state index contributed by atoms with van der Waals surface area (Å²) < 4.78 is 1.67. The van der Waals surface area contributed by atoms with Gasteiger partial charge in [0.1, 0.15) is 11.4 Å². The second-order valence-corrected chi connectivity index (χ2v) is 8.27. The van der Waals surface area contributed by atoms with Crippen LogP contribution in [0.4, 0.5) is 16.6 Å². The number of hydrogen-bond donors (Lipinski definition) is 1. The highest BCUT2D eigenvalue weighted by molar-refractivity contribution is 6.07. The number of aryl methyl sites for hydroxylation is 1. The second-order valence-electron chi connectivity index (χ2n) is 8.27. The molecule has 2 aromatic rings. The summed E-state index contributed by atoms with van der Waals surface area (Å²) in [5, 5.41) is 4.92. The van der Waals surface area contributed by atoms with E-state index in [1.54, 1.807) is 15.8 Å². The minimum Gasteiger partial charge on any atom is -0.383 e. The molecule has 2 saturated heterocycles. The lowest BCUT2D eigenvalue weighted by Gasteiger charge is -2.42. The molecule has 29 heavy (non-hydrogen) atoms. The van der Waals surface area contributed by atoms with Crippen LogP contribution in [0.3, 0.4) is 0 Å². The van der Waals surface area contributed by atoms with Crippen LogP contribution in [-0.4, -0.2) is 73.2 Å². The summed E-state index contributed by atoms with van der Waals surface area (Å²) in [7, 11) is 1.82. The highest BCUT2D eigenvalue weighted by Gasteiger charge is 2.57. The summed E-state index contributed by atoms with van der Waals surface area (Å²) in [5.41, 5.74) is 6.01. The van der Waals surface area contributed by atoms with E-state index in [0.717, 1.165) is 5.39 Å². The molecule has 0 bridgehead atoms. The third-order valence-electron chi connectivity index (χ3n) is 5.97. The van der Waals surface area contributed by atoms with Gasteiger partial charge in [-0.05, 0) is 25.7 Å². The molecular formula is C19H28N8O2. The van der Waals surface area contributed by atoms with E-state index in [2.05, 4.69) is 28.9 Å². The van der Waals surface area contributed by atoms with Crippen molar-refractivity contribution in [1.29, 1.82) is 0 Å². The van der Waals surface area contributed by atoms with Gasteiger partial charge in [-0.15, -0.1) is 0 Å². The number of carbonyl (C=O) groups excluding carboxylic acids is 2. The second kappa shape index (κ2) is 6.85. The summed E-state index contributed by atoms with van der Waals surface area (Å²) >= 11 is 0. The monoisotopic (exact) mass is 400 g/mol. The van der Waals surface area contributed by atoms with E-state index in [1.807, 2.05) is 18.9 Å². The zero-order chi connectivity index (χ0) is 20.9. The highest BCUT2D eigenvalue weighted by Crippen LogP contribution is 2.38. The summed E-state index contributed by atoms with van der Waals surface area (Å²) in [6.45, 7) is 8.10. The molecule has 10 nitrogen and oxygen atoms in total. The van der Waals surface area contributed by atoms with Crippen molar-refractivity contribution in [2.24, 2.45) is 13.0 Å².